The van der Waals surface area contributed by atoms with E-state index in [1.807, 2.05) is 12.1 Å². The first-order chi connectivity index (χ1) is 14.6. The molecule has 2 aromatic rings. The number of rotatable bonds is 6. The highest BCUT2D eigenvalue weighted by atomic mass is 16.2. The molecular weight excluding hydrogens is 378 g/mol. The highest BCUT2D eigenvalue weighted by Gasteiger charge is 2.21. The van der Waals surface area contributed by atoms with Crippen LogP contribution in [0.25, 0.3) is 0 Å². The highest BCUT2D eigenvalue weighted by Crippen LogP contribution is 2.18. The summed E-state index contributed by atoms with van der Waals surface area (Å²) in [5.41, 5.74) is 3.66. The molecule has 0 atom stereocenters. The summed E-state index contributed by atoms with van der Waals surface area (Å²) in [6.45, 7) is 7.13. The van der Waals surface area contributed by atoms with Crippen LogP contribution in [0.1, 0.15) is 21.5 Å². The third-order valence-electron chi connectivity index (χ3n) is 5.75. The molecule has 2 fully saturated rings. The predicted octanol–water partition coefficient (Wildman–Crippen LogP) is 1.89. The first kappa shape index (κ1) is 20.4. The lowest BCUT2D eigenvalue weighted by Gasteiger charge is -2.32. The van der Waals surface area contributed by atoms with Crippen molar-refractivity contribution < 1.29 is 9.59 Å². The lowest BCUT2D eigenvalue weighted by Crippen LogP contribution is -2.43. The number of benzene rings is 2. The summed E-state index contributed by atoms with van der Waals surface area (Å²) in [5.74, 6) is -0.141. The molecule has 0 aliphatic carbocycles. The first-order valence-corrected chi connectivity index (χ1v) is 10.5. The molecule has 2 saturated heterocycles. The minimum atomic E-state index is -0.141. The summed E-state index contributed by atoms with van der Waals surface area (Å²) in [6, 6.07) is 15.5. The number of hydrogen-bond acceptors (Lipinski definition) is 4. The molecule has 4 rings (SSSR count). The second kappa shape index (κ2) is 9.28. The van der Waals surface area contributed by atoms with Crippen LogP contribution in [0.2, 0.25) is 0 Å². The van der Waals surface area contributed by atoms with Gasteiger partial charge in [0.05, 0.1) is 0 Å². The van der Waals surface area contributed by atoms with E-state index < -0.39 is 0 Å². The van der Waals surface area contributed by atoms with E-state index in [0.29, 0.717) is 25.2 Å². The lowest BCUT2D eigenvalue weighted by atomic mass is 10.1. The Kier molecular flexibility index (Phi) is 6.30. The maximum absolute atomic E-state index is 12.6. The van der Waals surface area contributed by atoms with Crippen LogP contribution >= 0.6 is 0 Å². The molecule has 0 bridgehead atoms. The van der Waals surface area contributed by atoms with E-state index in [1.54, 1.807) is 17.0 Å². The van der Waals surface area contributed by atoms with Crippen molar-refractivity contribution in [3.8, 4) is 0 Å². The topological polar surface area (TPSA) is 67.9 Å². The van der Waals surface area contributed by atoms with E-state index >= 15 is 0 Å². The fourth-order valence-electron chi connectivity index (χ4n) is 3.84. The fraction of sp³-hybridized carbons (Fsp3) is 0.391. The minimum absolute atomic E-state index is 0.121. The van der Waals surface area contributed by atoms with Gasteiger partial charge in [-0.2, -0.15) is 0 Å². The maximum atomic E-state index is 12.6. The molecule has 0 aromatic heterocycles. The number of hydrogen-bond donors (Lipinski definition) is 2. The van der Waals surface area contributed by atoms with Crippen molar-refractivity contribution in [2.45, 2.75) is 13.1 Å². The second-order valence-electron chi connectivity index (χ2n) is 8.01. The van der Waals surface area contributed by atoms with Gasteiger partial charge in [-0.1, -0.05) is 30.3 Å². The number of urea groups is 1. The fourth-order valence-corrected chi connectivity index (χ4v) is 3.84. The summed E-state index contributed by atoms with van der Waals surface area (Å²) in [7, 11) is 2.17. The second-order valence-corrected chi connectivity index (χ2v) is 8.01. The molecule has 2 N–H and O–H groups in total. The number of piperazine rings is 1. The van der Waals surface area contributed by atoms with Crippen molar-refractivity contribution in [3.05, 3.63) is 65.2 Å². The molecule has 7 heteroatoms. The SMILES string of the molecule is CN1CCN(Cc2ccc(CNC(=O)c3cccc(N4CCNC4=O)c3)cc2)CC1. The lowest BCUT2D eigenvalue weighted by molar-refractivity contribution is 0.0951. The molecule has 0 radical (unpaired) electrons. The van der Waals surface area contributed by atoms with Crippen LogP contribution in [-0.4, -0.2) is 68.1 Å². The summed E-state index contributed by atoms with van der Waals surface area (Å²) in [6.07, 6.45) is 0. The molecule has 158 valence electrons. The smallest absolute Gasteiger partial charge is 0.321 e. The molecule has 2 aromatic carbocycles. The molecule has 0 saturated carbocycles. The largest absolute Gasteiger partial charge is 0.348 e. The van der Waals surface area contributed by atoms with Crippen LogP contribution in [0.5, 0.6) is 0 Å². The van der Waals surface area contributed by atoms with Crippen molar-refractivity contribution in [2.75, 3.05) is 51.2 Å². The average Bonchev–Trinajstić information content (AvgIpc) is 3.20. The number of likely N-dealkylation sites (N-methyl/N-ethyl adjacent to an activating group) is 1. The van der Waals surface area contributed by atoms with Crippen molar-refractivity contribution in [3.63, 3.8) is 0 Å². The van der Waals surface area contributed by atoms with E-state index in [9.17, 15) is 9.59 Å². The average molecular weight is 408 g/mol. The Morgan fingerprint density at radius 1 is 1.00 bits per heavy atom. The molecule has 3 amide bonds. The van der Waals surface area contributed by atoms with E-state index in [-0.39, 0.29) is 11.9 Å². The molecule has 2 aliphatic rings. The highest BCUT2D eigenvalue weighted by molar-refractivity contribution is 5.98. The quantitative estimate of drug-likeness (QED) is 0.768. The Labute approximate surface area is 177 Å². The van der Waals surface area contributed by atoms with Gasteiger partial charge in [0.2, 0.25) is 0 Å². The van der Waals surface area contributed by atoms with Gasteiger partial charge in [-0.3, -0.25) is 14.6 Å². The summed E-state index contributed by atoms with van der Waals surface area (Å²) in [4.78, 5) is 30.9. The van der Waals surface area contributed by atoms with Crippen molar-refractivity contribution in [2.24, 2.45) is 0 Å². The molecule has 7 nitrogen and oxygen atoms in total. The number of carbonyl (C=O) groups excluding carboxylic acids is 2. The van der Waals surface area contributed by atoms with Gasteiger partial charge >= 0.3 is 6.03 Å². The Hall–Kier alpha value is -2.90. The van der Waals surface area contributed by atoms with Gasteiger partial charge in [0, 0.05) is 63.6 Å². The summed E-state index contributed by atoms with van der Waals surface area (Å²) >= 11 is 0. The van der Waals surface area contributed by atoms with Gasteiger partial charge in [0.25, 0.3) is 5.91 Å². The van der Waals surface area contributed by atoms with Gasteiger partial charge in [-0.25, -0.2) is 4.79 Å². The molecule has 2 heterocycles. The van der Waals surface area contributed by atoms with Crippen LogP contribution < -0.4 is 15.5 Å². The van der Waals surface area contributed by atoms with Gasteiger partial charge < -0.3 is 15.5 Å². The van der Waals surface area contributed by atoms with Crippen LogP contribution in [0.3, 0.4) is 0 Å². The number of nitrogens with zero attached hydrogens (tertiary/aromatic N) is 3. The van der Waals surface area contributed by atoms with E-state index in [1.165, 1.54) is 5.56 Å². The Morgan fingerprint density at radius 2 is 1.73 bits per heavy atom. The predicted molar refractivity (Wildman–Crippen MR) is 118 cm³/mol. The van der Waals surface area contributed by atoms with Gasteiger partial charge in [-0.05, 0) is 36.4 Å². The van der Waals surface area contributed by atoms with Gasteiger partial charge in [0.15, 0.2) is 0 Å². The minimum Gasteiger partial charge on any atom is -0.348 e. The van der Waals surface area contributed by atoms with Crippen LogP contribution in [0.4, 0.5) is 10.5 Å². The molecular formula is C23H29N5O2. The monoisotopic (exact) mass is 407 g/mol. The van der Waals surface area contributed by atoms with Crippen LogP contribution in [0, 0.1) is 0 Å². The summed E-state index contributed by atoms with van der Waals surface area (Å²) in [5, 5.41) is 5.75. The number of amides is 3. The molecule has 0 unspecified atom stereocenters. The van der Waals surface area contributed by atoms with E-state index in [2.05, 4.69) is 51.7 Å². The van der Waals surface area contributed by atoms with E-state index in [4.69, 9.17) is 0 Å². The summed E-state index contributed by atoms with van der Waals surface area (Å²) < 4.78 is 0. The Morgan fingerprint density at radius 3 is 2.43 bits per heavy atom. The maximum Gasteiger partial charge on any atom is 0.321 e. The van der Waals surface area contributed by atoms with Crippen molar-refractivity contribution >= 4 is 17.6 Å². The Bertz CT molecular complexity index is 891. The number of carbonyl (C=O) groups is 2. The third kappa shape index (κ3) is 4.98. The standard InChI is InChI=1S/C23H29N5O2/c1-26-11-13-27(14-12-26)17-19-7-5-18(6-8-19)16-25-22(29)20-3-2-4-21(15-20)28-10-9-24-23(28)30/h2-8,15H,9-14,16-17H2,1H3,(H,24,30)(H,25,29). The zero-order valence-electron chi connectivity index (χ0n) is 17.4. The van der Waals surface area contributed by atoms with E-state index in [0.717, 1.165) is 44.0 Å². The molecule has 2 aliphatic heterocycles. The third-order valence-corrected chi connectivity index (χ3v) is 5.75. The molecule has 0 spiro atoms. The molecule has 30 heavy (non-hydrogen) atoms. The normalized spacial score (nSPS) is 17.8. The zero-order valence-corrected chi connectivity index (χ0v) is 17.4. The van der Waals surface area contributed by atoms with Gasteiger partial charge in [0.1, 0.15) is 0 Å². The number of nitrogens with one attached hydrogen (secondary N) is 2. The zero-order chi connectivity index (χ0) is 20.9. The van der Waals surface area contributed by atoms with Crippen LogP contribution in [0.15, 0.2) is 48.5 Å². The first-order valence-electron chi connectivity index (χ1n) is 10.5. The van der Waals surface area contributed by atoms with Gasteiger partial charge in [-0.15, -0.1) is 0 Å². The van der Waals surface area contributed by atoms with Crippen LogP contribution in [-0.2, 0) is 13.1 Å². The van der Waals surface area contributed by atoms with Crippen molar-refractivity contribution in [1.82, 2.24) is 20.4 Å². The Balaban J connectivity index is 1.30. The number of anilines is 1. The van der Waals surface area contributed by atoms with Crippen molar-refractivity contribution in [1.29, 1.82) is 0 Å².